The van der Waals surface area contributed by atoms with Gasteiger partial charge in [-0.1, -0.05) is 97.4 Å². The fourth-order valence-corrected chi connectivity index (χ4v) is 3.53. The van der Waals surface area contributed by atoms with E-state index in [0.29, 0.717) is 5.41 Å². The first-order valence-corrected chi connectivity index (χ1v) is 10.2. The smallest absolute Gasteiger partial charge is 0.0151 e. The number of hydrogen-bond donors (Lipinski definition) is 0. The molecule has 0 aliphatic rings. The third-order valence-corrected chi connectivity index (χ3v) is 4.82. The molecule has 0 saturated carbocycles. The van der Waals surface area contributed by atoms with Crippen LogP contribution in [0, 0.1) is 5.41 Å². The first-order chi connectivity index (χ1) is 12.0. The van der Waals surface area contributed by atoms with Crippen LogP contribution in [-0.2, 0) is 19.3 Å². The quantitative estimate of drug-likeness (QED) is 0.481. The van der Waals surface area contributed by atoms with Gasteiger partial charge < -0.3 is 0 Å². The summed E-state index contributed by atoms with van der Waals surface area (Å²) in [6.45, 7) is 15.6. The van der Waals surface area contributed by atoms with Gasteiger partial charge >= 0.3 is 0 Å². The highest BCUT2D eigenvalue weighted by Crippen LogP contribution is 2.33. The summed E-state index contributed by atoms with van der Waals surface area (Å²) < 4.78 is 0. The van der Waals surface area contributed by atoms with Crippen LogP contribution in [0.15, 0.2) is 42.5 Å². The summed E-state index contributed by atoms with van der Waals surface area (Å²) in [5, 5.41) is 0. The molecule has 0 unspecified atom stereocenters. The Labute approximate surface area is 156 Å². The Bertz CT molecular complexity index is 634. The van der Waals surface area contributed by atoms with Crippen molar-refractivity contribution in [2.24, 2.45) is 5.41 Å². The standard InChI is InChI=1S/C23H32.C2H6/c1-6-14-23(4,5)17-21-16-19(8-3)12-13-22(21)20-11-9-10-18(7-2)15-20;1-2/h9-13,15-16H,6-8,14,17H2,1-5H3;1-2H3. The lowest BCUT2D eigenvalue weighted by Crippen LogP contribution is -2.15. The normalized spacial score (nSPS) is 11.0. The van der Waals surface area contributed by atoms with Crippen LogP contribution >= 0.6 is 0 Å². The molecular formula is C25H38. The maximum absolute atomic E-state index is 2.44. The lowest BCUT2D eigenvalue weighted by molar-refractivity contribution is 0.329. The van der Waals surface area contributed by atoms with Gasteiger partial charge in [-0.3, -0.25) is 0 Å². The molecule has 0 heteroatoms. The number of rotatable bonds is 7. The molecule has 0 spiro atoms. The van der Waals surface area contributed by atoms with Gasteiger partial charge in [0.25, 0.3) is 0 Å². The van der Waals surface area contributed by atoms with E-state index < -0.39 is 0 Å². The van der Waals surface area contributed by atoms with E-state index in [1.807, 2.05) is 13.8 Å². The zero-order chi connectivity index (χ0) is 18.9. The Balaban J connectivity index is 0.00000151. The molecule has 25 heavy (non-hydrogen) atoms. The van der Waals surface area contributed by atoms with Crippen LogP contribution in [0.2, 0.25) is 0 Å². The molecule has 0 amide bonds. The van der Waals surface area contributed by atoms with Gasteiger partial charge in [0.15, 0.2) is 0 Å². The SMILES string of the molecule is CC.CCCC(C)(C)Cc1cc(CC)ccc1-c1cccc(CC)c1. The Kier molecular flexibility index (Phi) is 8.97. The monoisotopic (exact) mass is 338 g/mol. The van der Waals surface area contributed by atoms with E-state index in [4.69, 9.17) is 0 Å². The Morgan fingerprint density at radius 1 is 0.800 bits per heavy atom. The fourth-order valence-electron chi connectivity index (χ4n) is 3.53. The first-order valence-electron chi connectivity index (χ1n) is 10.2. The molecule has 0 saturated heterocycles. The van der Waals surface area contributed by atoms with Gasteiger partial charge in [-0.15, -0.1) is 0 Å². The zero-order valence-electron chi connectivity index (χ0n) is 17.6. The van der Waals surface area contributed by atoms with Crippen molar-refractivity contribution >= 4 is 0 Å². The summed E-state index contributed by atoms with van der Waals surface area (Å²) in [6.07, 6.45) is 5.88. The molecular weight excluding hydrogens is 300 g/mol. The van der Waals surface area contributed by atoms with Crippen LogP contribution in [0.3, 0.4) is 0 Å². The van der Waals surface area contributed by atoms with Gasteiger partial charge in [0, 0.05) is 0 Å². The minimum Gasteiger partial charge on any atom is -0.0683 e. The molecule has 0 atom stereocenters. The van der Waals surface area contributed by atoms with E-state index in [1.54, 1.807) is 0 Å². The third kappa shape index (κ3) is 6.34. The number of benzene rings is 2. The molecule has 2 rings (SSSR count). The summed E-state index contributed by atoms with van der Waals surface area (Å²) >= 11 is 0. The molecule has 2 aromatic carbocycles. The third-order valence-electron chi connectivity index (χ3n) is 4.82. The minimum atomic E-state index is 0.359. The van der Waals surface area contributed by atoms with Crippen molar-refractivity contribution in [3.8, 4) is 11.1 Å². The van der Waals surface area contributed by atoms with Crippen LogP contribution in [0.4, 0.5) is 0 Å². The van der Waals surface area contributed by atoms with E-state index in [-0.39, 0.29) is 0 Å². The van der Waals surface area contributed by atoms with E-state index in [0.717, 1.165) is 19.3 Å². The predicted octanol–water partition coefficient (Wildman–Crippen LogP) is 7.87. The average molecular weight is 339 g/mol. The van der Waals surface area contributed by atoms with Crippen molar-refractivity contribution in [2.45, 2.75) is 80.6 Å². The van der Waals surface area contributed by atoms with Gasteiger partial charge in [-0.05, 0) is 58.9 Å². The predicted molar refractivity (Wildman–Crippen MR) is 114 cm³/mol. The highest BCUT2D eigenvalue weighted by molar-refractivity contribution is 5.68. The average Bonchev–Trinajstić information content (AvgIpc) is 2.63. The van der Waals surface area contributed by atoms with Gasteiger partial charge in [0.1, 0.15) is 0 Å². The topological polar surface area (TPSA) is 0 Å². The second-order valence-corrected chi connectivity index (χ2v) is 7.49. The number of aryl methyl sites for hydroxylation is 2. The van der Waals surface area contributed by atoms with Crippen LogP contribution in [-0.4, -0.2) is 0 Å². The van der Waals surface area contributed by atoms with Gasteiger partial charge in [-0.25, -0.2) is 0 Å². The molecule has 0 fully saturated rings. The number of hydrogen-bond acceptors (Lipinski definition) is 0. The van der Waals surface area contributed by atoms with Crippen LogP contribution in [0.25, 0.3) is 11.1 Å². The van der Waals surface area contributed by atoms with E-state index >= 15 is 0 Å². The molecule has 0 aromatic heterocycles. The zero-order valence-corrected chi connectivity index (χ0v) is 17.6. The first kappa shape index (κ1) is 21.5. The lowest BCUT2D eigenvalue weighted by Gasteiger charge is -2.26. The summed E-state index contributed by atoms with van der Waals surface area (Å²) in [7, 11) is 0. The highest BCUT2D eigenvalue weighted by atomic mass is 14.2. The summed E-state index contributed by atoms with van der Waals surface area (Å²) in [5.74, 6) is 0. The molecule has 0 radical (unpaired) electrons. The fraction of sp³-hybridized carbons (Fsp3) is 0.520. The van der Waals surface area contributed by atoms with E-state index in [2.05, 4.69) is 77.1 Å². The van der Waals surface area contributed by atoms with Crippen LogP contribution in [0.5, 0.6) is 0 Å². The Hall–Kier alpha value is -1.56. The van der Waals surface area contributed by atoms with Crippen molar-refractivity contribution in [1.29, 1.82) is 0 Å². The summed E-state index contributed by atoms with van der Waals surface area (Å²) in [4.78, 5) is 0. The van der Waals surface area contributed by atoms with Crippen LogP contribution in [0.1, 0.15) is 78.0 Å². The van der Waals surface area contributed by atoms with Gasteiger partial charge in [0.05, 0.1) is 0 Å². The van der Waals surface area contributed by atoms with Crippen molar-refractivity contribution < 1.29 is 0 Å². The Morgan fingerprint density at radius 3 is 2.04 bits per heavy atom. The second kappa shape index (κ2) is 10.4. The largest absolute Gasteiger partial charge is 0.0683 e. The minimum absolute atomic E-state index is 0.359. The lowest BCUT2D eigenvalue weighted by atomic mass is 9.79. The molecule has 138 valence electrons. The Morgan fingerprint density at radius 2 is 1.44 bits per heavy atom. The van der Waals surface area contributed by atoms with Crippen molar-refractivity contribution in [3.63, 3.8) is 0 Å². The van der Waals surface area contributed by atoms with E-state index in [9.17, 15) is 0 Å². The van der Waals surface area contributed by atoms with Gasteiger partial charge in [-0.2, -0.15) is 0 Å². The maximum atomic E-state index is 2.44. The van der Waals surface area contributed by atoms with Gasteiger partial charge in [0.2, 0.25) is 0 Å². The van der Waals surface area contributed by atoms with E-state index in [1.165, 1.54) is 40.7 Å². The molecule has 0 bridgehead atoms. The maximum Gasteiger partial charge on any atom is -0.0151 e. The summed E-state index contributed by atoms with van der Waals surface area (Å²) in [5.41, 5.74) is 7.52. The molecule has 0 aliphatic carbocycles. The second-order valence-electron chi connectivity index (χ2n) is 7.49. The van der Waals surface area contributed by atoms with Crippen molar-refractivity contribution in [1.82, 2.24) is 0 Å². The molecule has 0 N–H and O–H groups in total. The summed E-state index contributed by atoms with van der Waals surface area (Å²) in [6, 6.07) is 16.1. The highest BCUT2D eigenvalue weighted by Gasteiger charge is 2.19. The molecule has 0 heterocycles. The van der Waals surface area contributed by atoms with Crippen molar-refractivity contribution in [2.75, 3.05) is 0 Å². The molecule has 0 aliphatic heterocycles. The van der Waals surface area contributed by atoms with Crippen LogP contribution < -0.4 is 0 Å². The molecule has 0 nitrogen and oxygen atoms in total. The van der Waals surface area contributed by atoms with Crippen molar-refractivity contribution in [3.05, 3.63) is 59.2 Å². The molecule has 2 aromatic rings.